The van der Waals surface area contributed by atoms with Gasteiger partial charge in [0.15, 0.2) is 0 Å². The molecule has 1 aliphatic rings. The van der Waals surface area contributed by atoms with Gasteiger partial charge in [0, 0.05) is 18.4 Å². The van der Waals surface area contributed by atoms with Gasteiger partial charge in [-0.05, 0) is 35.7 Å². The molecule has 1 saturated heterocycles. The average molecular weight is 412 g/mol. The molecule has 0 aliphatic carbocycles. The molecule has 1 fully saturated rings. The number of imide groups is 1. The lowest BCUT2D eigenvalue weighted by Crippen LogP contribution is -2.29. The average Bonchev–Trinajstić information content (AvgIpc) is 3.11. The Morgan fingerprint density at radius 3 is 2.03 bits per heavy atom. The van der Waals surface area contributed by atoms with Crippen LogP contribution in [0.1, 0.15) is 51.5 Å². The van der Waals surface area contributed by atoms with E-state index >= 15 is 0 Å². The Morgan fingerprint density at radius 1 is 0.839 bits per heavy atom. The second-order valence-corrected chi connectivity index (χ2v) is 7.80. The molecule has 0 spiro atoms. The standard InChI is InChI=1S/C26H24N2O3/c1-18-7-11-21(12-8-18)25(20-5-3-2-4-6-20)27-26(31)22-13-9-19(10-14-22)17-28-23(29)15-16-24(28)30/h2-14,25H,15-17H2,1H3,(H,27,31)/t25-/m0/s1. The largest absolute Gasteiger partial charge is 0.341 e. The third-order valence-electron chi connectivity index (χ3n) is 5.53. The Morgan fingerprint density at radius 2 is 1.42 bits per heavy atom. The van der Waals surface area contributed by atoms with Crippen molar-refractivity contribution in [1.29, 1.82) is 0 Å². The van der Waals surface area contributed by atoms with E-state index in [1.54, 1.807) is 24.3 Å². The minimum atomic E-state index is -0.270. The number of hydrogen-bond donors (Lipinski definition) is 1. The second kappa shape index (κ2) is 8.96. The van der Waals surface area contributed by atoms with E-state index in [2.05, 4.69) is 5.32 Å². The van der Waals surface area contributed by atoms with Crippen LogP contribution in [0, 0.1) is 6.92 Å². The van der Waals surface area contributed by atoms with Gasteiger partial charge in [-0.15, -0.1) is 0 Å². The molecule has 1 N–H and O–H groups in total. The minimum absolute atomic E-state index is 0.143. The maximum Gasteiger partial charge on any atom is 0.252 e. The third-order valence-corrected chi connectivity index (χ3v) is 5.53. The Labute approximate surface area is 181 Å². The number of aryl methyl sites for hydroxylation is 1. The van der Waals surface area contributed by atoms with Crippen LogP contribution in [-0.2, 0) is 16.1 Å². The molecule has 0 aromatic heterocycles. The van der Waals surface area contributed by atoms with Crippen molar-refractivity contribution in [1.82, 2.24) is 10.2 Å². The smallest absolute Gasteiger partial charge is 0.252 e. The summed E-state index contributed by atoms with van der Waals surface area (Å²) in [5.41, 5.74) is 4.51. The maximum absolute atomic E-state index is 13.0. The van der Waals surface area contributed by atoms with Crippen molar-refractivity contribution in [3.05, 3.63) is 107 Å². The van der Waals surface area contributed by atoms with Gasteiger partial charge < -0.3 is 5.32 Å². The van der Waals surface area contributed by atoms with Crippen LogP contribution in [0.5, 0.6) is 0 Å². The highest BCUT2D eigenvalue weighted by Crippen LogP contribution is 2.23. The summed E-state index contributed by atoms with van der Waals surface area (Å²) in [6.07, 6.45) is 0.554. The van der Waals surface area contributed by atoms with Crippen molar-refractivity contribution in [3.8, 4) is 0 Å². The Kier molecular flexibility index (Phi) is 5.94. The molecular formula is C26H24N2O3. The fraction of sp³-hybridized carbons (Fsp3) is 0.192. The van der Waals surface area contributed by atoms with Crippen LogP contribution in [0.3, 0.4) is 0 Å². The monoisotopic (exact) mass is 412 g/mol. The SMILES string of the molecule is Cc1ccc([C@@H](NC(=O)c2ccc(CN3C(=O)CCC3=O)cc2)c2ccccc2)cc1. The van der Waals surface area contributed by atoms with Crippen LogP contribution in [-0.4, -0.2) is 22.6 Å². The molecule has 1 aliphatic heterocycles. The number of carbonyl (C=O) groups is 3. The fourth-order valence-electron chi connectivity index (χ4n) is 3.72. The summed E-state index contributed by atoms with van der Waals surface area (Å²) in [6, 6.07) is 24.8. The van der Waals surface area contributed by atoms with Crippen LogP contribution in [0.4, 0.5) is 0 Å². The van der Waals surface area contributed by atoms with Crippen molar-refractivity contribution in [3.63, 3.8) is 0 Å². The Hall–Kier alpha value is -3.73. The van der Waals surface area contributed by atoms with E-state index in [0.717, 1.165) is 22.3 Å². The predicted octanol–water partition coefficient (Wildman–Crippen LogP) is 4.16. The van der Waals surface area contributed by atoms with Gasteiger partial charge in [-0.25, -0.2) is 0 Å². The van der Waals surface area contributed by atoms with E-state index in [0.29, 0.717) is 5.56 Å². The normalized spacial score (nSPS) is 14.5. The zero-order valence-electron chi connectivity index (χ0n) is 17.4. The highest BCUT2D eigenvalue weighted by atomic mass is 16.2. The van der Waals surface area contributed by atoms with Gasteiger partial charge in [0.05, 0.1) is 12.6 Å². The van der Waals surface area contributed by atoms with E-state index in [-0.39, 0.29) is 43.1 Å². The second-order valence-electron chi connectivity index (χ2n) is 7.80. The molecule has 5 heteroatoms. The molecule has 3 amide bonds. The first-order valence-corrected chi connectivity index (χ1v) is 10.4. The van der Waals surface area contributed by atoms with Crippen molar-refractivity contribution in [2.75, 3.05) is 0 Å². The first kappa shape index (κ1) is 20.5. The molecule has 5 nitrogen and oxygen atoms in total. The lowest BCUT2D eigenvalue weighted by atomic mass is 9.97. The van der Waals surface area contributed by atoms with Gasteiger partial charge >= 0.3 is 0 Å². The number of carbonyl (C=O) groups excluding carboxylic acids is 3. The number of amides is 3. The van der Waals surface area contributed by atoms with E-state index in [1.165, 1.54) is 4.90 Å². The van der Waals surface area contributed by atoms with E-state index in [9.17, 15) is 14.4 Å². The van der Waals surface area contributed by atoms with Gasteiger partial charge in [-0.1, -0.05) is 72.3 Å². The zero-order valence-corrected chi connectivity index (χ0v) is 17.4. The molecule has 0 radical (unpaired) electrons. The summed E-state index contributed by atoms with van der Waals surface area (Å²) < 4.78 is 0. The Bertz CT molecular complexity index is 1070. The summed E-state index contributed by atoms with van der Waals surface area (Å²) >= 11 is 0. The quantitative estimate of drug-likeness (QED) is 0.618. The number of hydrogen-bond acceptors (Lipinski definition) is 3. The van der Waals surface area contributed by atoms with Gasteiger partial charge in [0.1, 0.15) is 0 Å². The van der Waals surface area contributed by atoms with Crippen LogP contribution in [0.25, 0.3) is 0 Å². The molecule has 0 saturated carbocycles. The number of nitrogens with one attached hydrogen (secondary N) is 1. The van der Waals surface area contributed by atoms with Gasteiger partial charge in [0.2, 0.25) is 11.8 Å². The molecule has 1 heterocycles. The molecule has 1 atom stereocenters. The third kappa shape index (κ3) is 4.72. The van der Waals surface area contributed by atoms with Crippen LogP contribution < -0.4 is 5.32 Å². The van der Waals surface area contributed by atoms with Gasteiger partial charge in [0.25, 0.3) is 5.91 Å². The summed E-state index contributed by atoms with van der Waals surface area (Å²) in [5.74, 6) is -0.472. The first-order valence-electron chi connectivity index (χ1n) is 10.4. The maximum atomic E-state index is 13.0. The molecule has 0 unspecified atom stereocenters. The highest BCUT2D eigenvalue weighted by molar-refractivity contribution is 6.01. The zero-order chi connectivity index (χ0) is 21.8. The van der Waals surface area contributed by atoms with Crippen LogP contribution in [0.2, 0.25) is 0 Å². The predicted molar refractivity (Wildman–Crippen MR) is 118 cm³/mol. The van der Waals surface area contributed by atoms with Crippen molar-refractivity contribution in [2.45, 2.75) is 32.4 Å². The molecule has 156 valence electrons. The topological polar surface area (TPSA) is 66.5 Å². The van der Waals surface area contributed by atoms with Crippen molar-refractivity contribution in [2.24, 2.45) is 0 Å². The summed E-state index contributed by atoms with van der Waals surface area (Å²) in [6.45, 7) is 2.28. The number of nitrogens with zero attached hydrogens (tertiary/aromatic N) is 1. The van der Waals surface area contributed by atoms with Crippen molar-refractivity contribution < 1.29 is 14.4 Å². The van der Waals surface area contributed by atoms with Crippen LogP contribution in [0.15, 0.2) is 78.9 Å². The molecule has 0 bridgehead atoms. The first-order chi connectivity index (χ1) is 15.0. The molecule has 3 aromatic carbocycles. The number of rotatable bonds is 6. The fourth-order valence-corrected chi connectivity index (χ4v) is 3.72. The summed E-state index contributed by atoms with van der Waals surface area (Å²) in [4.78, 5) is 37.9. The molecule has 3 aromatic rings. The summed E-state index contributed by atoms with van der Waals surface area (Å²) in [7, 11) is 0. The number of benzene rings is 3. The van der Waals surface area contributed by atoms with Gasteiger partial charge in [-0.3, -0.25) is 19.3 Å². The number of likely N-dealkylation sites (tertiary alicyclic amines) is 1. The van der Waals surface area contributed by atoms with Gasteiger partial charge in [-0.2, -0.15) is 0 Å². The Balaban J connectivity index is 1.51. The molecular weight excluding hydrogens is 388 g/mol. The minimum Gasteiger partial charge on any atom is -0.341 e. The molecule has 4 rings (SSSR count). The van der Waals surface area contributed by atoms with Crippen molar-refractivity contribution >= 4 is 17.7 Å². The van der Waals surface area contributed by atoms with E-state index < -0.39 is 0 Å². The molecule has 31 heavy (non-hydrogen) atoms. The lowest BCUT2D eigenvalue weighted by Gasteiger charge is -2.20. The summed E-state index contributed by atoms with van der Waals surface area (Å²) in [5, 5.41) is 3.13. The lowest BCUT2D eigenvalue weighted by molar-refractivity contribution is -0.139. The van der Waals surface area contributed by atoms with E-state index in [4.69, 9.17) is 0 Å². The van der Waals surface area contributed by atoms with E-state index in [1.807, 2.05) is 61.5 Å². The van der Waals surface area contributed by atoms with Crippen LogP contribution >= 0.6 is 0 Å². The highest BCUT2D eigenvalue weighted by Gasteiger charge is 2.28.